The van der Waals surface area contributed by atoms with Crippen molar-refractivity contribution in [3.8, 4) is 0 Å². The highest BCUT2D eigenvalue weighted by atomic mass is 16.4. The maximum Gasteiger partial charge on any atom is 0.337 e. The number of fused-ring (bicyclic) bond motifs is 1. The minimum atomic E-state index is -0.872. The second kappa shape index (κ2) is 6.36. The summed E-state index contributed by atoms with van der Waals surface area (Å²) in [6.07, 6.45) is 2.94. The van der Waals surface area contributed by atoms with E-state index in [1.807, 2.05) is 6.07 Å². The van der Waals surface area contributed by atoms with E-state index in [1.165, 1.54) is 5.56 Å². The van der Waals surface area contributed by atoms with Crippen LogP contribution in [0.5, 0.6) is 0 Å². The molecule has 0 spiro atoms. The number of hydrogen-bond acceptors (Lipinski definition) is 2. The zero-order chi connectivity index (χ0) is 17.4. The van der Waals surface area contributed by atoms with Crippen molar-refractivity contribution in [2.75, 3.05) is 6.54 Å². The number of nitrogens with two attached hydrogens (primary N) is 1. The molecule has 0 fully saturated rings. The second-order valence-corrected chi connectivity index (χ2v) is 7.55. The quantitative estimate of drug-likeness (QED) is 0.872. The Kier molecular flexibility index (Phi) is 4.85. The van der Waals surface area contributed by atoms with Gasteiger partial charge in [-0.1, -0.05) is 34.6 Å². The molecule has 4 heteroatoms. The summed E-state index contributed by atoms with van der Waals surface area (Å²) in [7, 11) is 0. The Morgan fingerprint density at radius 3 is 2.43 bits per heavy atom. The summed E-state index contributed by atoms with van der Waals surface area (Å²) < 4.78 is 2.06. The van der Waals surface area contributed by atoms with Gasteiger partial charge < -0.3 is 15.4 Å². The minimum absolute atomic E-state index is 0.0913. The molecular weight excluding hydrogens is 288 g/mol. The first kappa shape index (κ1) is 17.5. The zero-order valence-corrected chi connectivity index (χ0v) is 14.8. The molecule has 0 aliphatic heterocycles. The molecule has 0 unspecified atom stereocenters. The number of carbonyl (C=O) groups is 1. The summed E-state index contributed by atoms with van der Waals surface area (Å²) in [6.45, 7) is 12.0. The minimum Gasteiger partial charge on any atom is -0.478 e. The van der Waals surface area contributed by atoms with Crippen molar-refractivity contribution in [3.63, 3.8) is 0 Å². The van der Waals surface area contributed by atoms with Crippen molar-refractivity contribution in [1.29, 1.82) is 0 Å². The van der Waals surface area contributed by atoms with Crippen molar-refractivity contribution in [3.05, 3.63) is 35.0 Å². The molecule has 0 saturated carbocycles. The molecule has 1 heterocycles. The molecule has 0 radical (unpaired) electrons. The van der Waals surface area contributed by atoms with Gasteiger partial charge in [-0.15, -0.1) is 0 Å². The average Bonchev–Trinajstić information content (AvgIpc) is 2.82. The van der Waals surface area contributed by atoms with Crippen molar-refractivity contribution in [2.45, 2.75) is 58.9 Å². The summed E-state index contributed by atoms with van der Waals surface area (Å²) in [5.74, 6) is -0.531. The van der Waals surface area contributed by atoms with Crippen molar-refractivity contribution in [1.82, 2.24) is 4.57 Å². The normalized spacial score (nSPS) is 12.3. The molecule has 1 aromatic carbocycles. The second-order valence-electron chi connectivity index (χ2n) is 7.55. The summed E-state index contributed by atoms with van der Waals surface area (Å²) in [6, 6.07) is 3.99. The Bertz CT molecular complexity index is 721. The van der Waals surface area contributed by atoms with Gasteiger partial charge in [0.15, 0.2) is 0 Å². The van der Waals surface area contributed by atoms with E-state index in [-0.39, 0.29) is 5.41 Å². The monoisotopic (exact) mass is 316 g/mol. The number of aromatic nitrogens is 1. The van der Waals surface area contributed by atoms with Gasteiger partial charge in [-0.2, -0.15) is 0 Å². The van der Waals surface area contributed by atoms with Crippen molar-refractivity contribution >= 4 is 16.9 Å². The van der Waals surface area contributed by atoms with E-state index in [0.29, 0.717) is 18.0 Å². The first-order chi connectivity index (χ1) is 10.7. The van der Waals surface area contributed by atoms with E-state index < -0.39 is 5.97 Å². The lowest BCUT2D eigenvalue weighted by Crippen LogP contribution is -2.13. The molecule has 4 nitrogen and oxygen atoms in total. The topological polar surface area (TPSA) is 68.2 Å². The average molecular weight is 316 g/mol. The summed E-state index contributed by atoms with van der Waals surface area (Å²) in [5, 5.41) is 10.8. The molecule has 0 saturated heterocycles. The van der Waals surface area contributed by atoms with Crippen molar-refractivity contribution < 1.29 is 9.90 Å². The largest absolute Gasteiger partial charge is 0.478 e. The Labute approximate surface area is 138 Å². The van der Waals surface area contributed by atoms with Crippen LogP contribution in [0, 0.1) is 0 Å². The number of carboxylic acid groups (broad SMARTS) is 1. The first-order valence-electron chi connectivity index (χ1n) is 8.27. The number of carboxylic acids is 1. The smallest absolute Gasteiger partial charge is 0.337 e. The van der Waals surface area contributed by atoms with E-state index in [1.54, 1.807) is 0 Å². The maximum atomic E-state index is 11.9. The molecule has 126 valence electrons. The van der Waals surface area contributed by atoms with Crippen LogP contribution in [-0.4, -0.2) is 22.2 Å². The molecule has 2 rings (SSSR count). The molecule has 2 aromatic rings. The molecule has 3 N–H and O–H groups in total. The Morgan fingerprint density at radius 2 is 1.96 bits per heavy atom. The molecule has 0 amide bonds. The fourth-order valence-electron chi connectivity index (χ4n) is 2.96. The lowest BCUT2D eigenvalue weighted by atomic mass is 9.84. The highest BCUT2D eigenvalue weighted by Gasteiger charge is 2.23. The molecule has 0 atom stereocenters. The van der Waals surface area contributed by atoms with Crippen LogP contribution in [0.25, 0.3) is 10.9 Å². The first-order valence-corrected chi connectivity index (χ1v) is 8.27. The Morgan fingerprint density at radius 1 is 1.30 bits per heavy atom. The van der Waals surface area contributed by atoms with E-state index >= 15 is 0 Å². The number of benzene rings is 1. The lowest BCUT2D eigenvalue weighted by molar-refractivity contribution is 0.0698. The SMILES string of the molecule is CC(C)c1cn(CCCN)c2c(C(=O)O)cc(C(C)(C)C)cc12. The maximum absolute atomic E-state index is 11.9. The molecular formula is C19H28N2O2. The molecule has 1 aromatic heterocycles. The van der Waals surface area contributed by atoms with Gasteiger partial charge in [-0.25, -0.2) is 4.79 Å². The third-order valence-corrected chi connectivity index (χ3v) is 4.32. The van der Waals surface area contributed by atoms with Gasteiger partial charge in [0.2, 0.25) is 0 Å². The predicted octanol–water partition coefficient (Wildman–Crippen LogP) is 4.11. The number of nitrogens with zero attached hydrogens (tertiary/aromatic N) is 1. The zero-order valence-electron chi connectivity index (χ0n) is 14.8. The number of hydrogen-bond donors (Lipinski definition) is 2. The summed E-state index contributed by atoms with van der Waals surface area (Å²) >= 11 is 0. The molecule has 23 heavy (non-hydrogen) atoms. The lowest BCUT2D eigenvalue weighted by Gasteiger charge is -2.21. The summed E-state index contributed by atoms with van der Waals surface area (Å²) in [5.41, 5.74) is 9.01. The van der Waals surface area contributed by atoms with Crippen LogP contribution < -0.4 is 5.73 Å². The third-order valence-electron chi connectivity index (χ3n) is 4.32. The van der Waals surface area contributed by atoms with Crippen LogP contribution in [0.2, 0.25) is 0 Å². The molecule has 0 aliphatic carbocycles. The van der Waals surface area contributed by atoms with E-state index in [4.69, 9.17) is 5.73 Å². The van der Waals surface area contributed by atoms with E-state index in [9.17, 15) is 9.90 Å². The molecule has 0 bridgehead atoms. The van der Waals surface area contributed by atoms with Gasteiger partial charge >= 0.3 is 5.97 Å². The fraction of sp³-hybridized carbons (Fsp3) is 0.526. The number of aromatic carboxylic acids is 1. The fourth-order valence-corrected chi connectivity index (χ4v) is 2.96. The van der Waals surface area contributed by atoms with Crippen LogP contribution in [0.15, 0.2) is 18.3 Å². The van der Waals surface area contributed by atoms with Gasteiger partial charge in [-0.05, 0) is 47.6 Å². The van der Waals surface area contributed by atoms with Gasteiger partial charge in [0.25, 0.3) is 0 Å². The Balaban J connectivity index is 2.83. The van der Waals surface area contributed by atoms with Crippen LogP contribution in [0.1, 0.15) is 68.4 Å². The van der Waals surface area contributed by atoms with E-state index in [0.717, 1.165) is 29.4 Å². The number of aryl methyl sites for hydroxylation is 1. The summed E-state index contributed by atoms with van der Waals surface area (Å²) in [4.78, 5) is 11.9. The van der Waals surface area contributed by atoms with Crippen molar-refractivity contribution in [2.24, 2.45) is 5.73 Å². The van der Waals surface area contributed by atoms with Crippen LogP contribution in [-0.2, 0) is 12.0 Å². The van der Waals surface area contributed by atoms with Gasteiger partial charge in [0.05, 0.1) is 11.1 Å². The van der Waals surface area contributed by atoms with Gasteiger partial charge in [0, 0.05) is 18.1 Å². The number of rotatable bonds is 5. The van der Waals surface area contributed by atoms with Crippen LogP contribution in [0.3, 0.4) is 0 Å². The standard InChI is InChI=1S/C19H28N2O2/c1-12(2)16-11-21(8-6-7-20)17-14(16)9-13(19(3,4)5)10-15(17)18(22)23/h9-12H,6-8,20H2,1-5H3,(H,22,23). The predicted molar refractivity (Wildman–Crippen MR) is 95.4 cm³/mol. The Hall–Kier alpha value is -1.81. The van der Waals surface area contributed by atoms with E-state index in [2.05, 4.69) is 51.4 Å². The highest BCUT2D eigenvalue weighted by molar-refractivity contribution is 6.04. The van der Waals surface area contributed by atoms with Gasteiger partial charge in [0.1, 0.15) is 0 Å². The molecule has 0 aliphatic rings. The van der Waals surface area contributed by atoms with Gasteiger partial charge in [-0.3, -0.25) is 0 Å². The van der Waals surface area contributed by atoms with Crippen LogP contribution >= 0.6 is 0 Å². The highest BCUT2D eigenvalue weighted by Crippen LogP contribution is 2.35. The van der Waals surface area contributed by atoms with Crippen LogP contribution in [0.4, 0.5) is 0 Å². The third kappa shape index (κ3) is 3.42.